The fourth-order valence-electron chi connectivity index (χ4n) is 6.52. The van der Waals surface area contributed by atoms with Crippen molar-refractivity contribution >= 4 is 40.0 Å². The lowest BCUT2D eigenvalue weighted by Gasteiger charge is -2.29. The highest BCUT2D eigenvalue weighted by atomic mass is 16.2. The molecule has 4 heterocycles. The molecule has 1 spiro atoms. The third kappa shape index (κ3) is 2.63. The Balaban J connectivity index is 1.39. The number of nitrogens with zero attached hydrogens (tertiary/aromatic N) is 1. The van der Waals surface area contributed by atoms with E-state index < -0.39 is 23.4 Å². The number of fused-ring (bicyclic) bond motifs is 5. The van der Waals surface area contributed by atoms with Crippen LogP contribution in [0.3, 0.4) is 0 Å². The van der Waals surface area contributed by atoms with E-state index in [1.54, 1.807) is 12.1 Å². The van der Waals surface area contributed by atoms with E-state index in [1.807, 2.05) is 73.8 Å². The van der Waals surface area contributed by atoms with Gasteiger partial charge in [0.05, 0.1) is 17.5 Å². The van der Waals surface area contributed by atoms with Crippen LogP contribution in [0.25, 0.3) is 10.9 Å². The summed E-state index contributed by atoms with van der Waals surface area (Å²) in [6.45, 7) is 1.94. The van der Waals surface area contributed by atoms with E-state index in [0.717, 1.165) is 33.3 Å². The fourth-order valence-corrected chi connectivity index (χ4v) is 6.52. The number of carbonyl (C=O) groups is 3. The van der Waals surface area contributed by atoms with Gasteiger partial charge < -0.3 is 10.3 Å². The number of hydrogen-bond donors (Lipinski definition) is 3. The smallest absolute Gasteiger partial charge is 0.250 e. The molecule has 3 amide bonds. The first-order valence-corrected chi connectivity index (χ1v) is 12.2. The molecule has 3 aromatic carbocycles. The summed E-state index contributed by atoms with van der Waals surface area (Å²) in [5, 5.41) is 7.63. The van der Waals surface area contributed by atoms with Crippen LogP contribution < -0.4 is 15.5 Å². The monoisotopic (exact) mass is 476 g/mol. The van der Waals surface area contributed by atoms with Crippen LogP contribution in [0, 0.1) is 18.8 Å². The minimum atomic E-state index is -1.31. The van der Waals surface area contributed by atoms with E-state index in [2.05, 4.69) is 15.6 Å². The number of rotatable bonds is 3. The molecule has 7 rings (SSSR count). The van der Waals surface area contributed by atoms with Crippen LogP contribution in [-0.4, -0.2) is 28.7 Å². The number of para-hydroxylation sites is 3. The minimum absolute atomic E-state index is 0.265. The standard InChI is InChI=1S/C29H24N4O3/c1-16-8-7-12-20-25(16)31-28(36)29(20)24-23(26(34)33(27(24)35)18-9-3-2-4-10-18)22(32-29)14-17-15-30-21-13-6-5-11-19(17)21/h2-13,15,22-24,30,32H,14H2,1H3,(H,31,36)/t22-,23-,24+,29+/m1/s1. The van der Waals surface area contributed by atoms with Crippen LogP contribution in [0.5, 0.6) is 0 Å². The third-order valence-electron chi connectivity index (χ3n) is 8.09. The zero-order valence-electron chi connectivity index (χ0n) is 19.6. The maximum atomic E-state index is 14.0. The largest absolute Gasteiger partial charge is 0.361 e. The summed E-state index contributed by atoms with van der Waals surface area (Å²) >= 11 is 0. The quantitative estimate of drug-likeness (QED) is 0.394. The van der Waals surface area contributed by atoms with Gasteiger partial charge in [0.2, 0.25) is 17.7 Å². The number of aromatic amines is 1. The summed E-state index contributed by atoms with van der Waals surface area (Å²) in [6, 6.07) is 22.3. The van der Waals surface area contributed by atoms with Gasteiger partial charge in [0.15, 0.2) is 0 Å². The zero-order chi connectivity index (χ0) is 24.6. The molecule has 178 valence electrons. The molecule has 3 aliphatic heterocycles. The lowest BCUT2D eigenvalue weighted by atomic mass is 9.76. The van der Waals surface area contributed by atoms with Crippen molar-refractivity contribution < 1.29 is 14.4 Å². The Bertz CT molecular complexity index is 1580. The van der Waals surface area contributed by atoms with E-state index in [9.17, 15) is 14.4 Å². The number of benzene rings is 3. The van der Waals surface area contributed by atoms with E-state index in [1.165, 1.54) is 4.90 Å². The molecule has 7 nitrogen and oxygen atoms in total. The maximum absolute atomic E-state index is 14.0. The fraction of sp³-hybridized carbons (Fsp3) is 0.207. The predicted molar refractivity (Wildman–Crippen MR) is 136 cm³/mol. The normalized spacial score (nSPS) is 26.6. The number of imide groups is 1. The predicted octanol–water partition coefficient (Wildman–Crippen LogP) is 3.64. The van der Waals surface area contributed by atoms with Crippen molar-refractivity contribution in [1.82, 2.24) is 10.3 Å². The molecule has 3 N–H and O–H groups in total. The van der Waals surface area contributed by atoms with Crippen molar-refractivity contribution in [3.63, 3.8) is 0 Å². The molecule has 3 aliphatic rings. The highest BCUT2D eigenvalue weighted by molar-refractivity contribution is 6.25. The van der Waals surface area contributed by atoms with Gasteiger partial charge in [0.25, 0.3) is 0 Å². The molecule has 4 aromatic rings. The molecular formula is C29H24N4O3. The van der Waals surface area contributed by atoms with Crippen LogP contribution in [0.1, 0.15) is 16.7 Å². The number of nitrogens with one attached hydrogen (secondary N) is 3. The van der Waals surface area contributed by atoms with E-state index in [-0.39, 0.29) is 17.7 Å². The molecule has 2 saturated heterocycles. The minimum Gasteiger partial charge on any atom is -0.361 e. The van der Waals surface area contributed by atoms with Gasteiger partial charge in [-0.25, -0.2) is 4.90 Å². The number of carbonyl (C=O) groups excluding carboxylic acids is 3. The number of aryl methyl sites for hydroxylation is 1. The Hall–Kier alpha value is -4.23. The number of anilines is 2. The molecular weight excluding hydrogens is 452 g/mol. The van der Waals surface area contributed by atoms with Crippen molar-refractivity contribution in [3.8, 4) is 0 Å². The van der Waals surface area contributed by atoms with Crippen LogP contribution in [-0.2, 0) is 26.3 Å². The van der Waals surface area contributed by atoms with Crippen LogP contribution in [0.2, 0.25) is 0 Å². The summed E-state index contributed by atoms with van der Waals surface area (Å²) in [5.41, 5.74) is 3.66. The van der Waals surface area contributed by atoms with Gasteiger partial charge in [-0.05, 0) is 42.7 Å². The highest BCUT2D eigenvalue weighted by Gasteiger charge is 2.70. The van der Waals surface area contributed by atoms with Gasteiger partial charge >= 0.3 is 0 Å². The van der Waals surface area contributed by atoms with Crippen molar-refractivity contribution in [3.05, 3.63) is 95.7 Å². The van der Waals surface area contributed by atoms with Gasteiger partial charge in [-0.15, -0.1) is 0 Å². The molecule has 0 radical (unpaired) electrons. The van der Waals surface area contributed by atoms with Crippen LogP contribution in [0.4, 0.5) is 11.4 Å². The van der Waals surface area contributed by atoms with Gasteiger partial charge in [-0.2, -0.15) is 0 Å². The molecule has 4 atom stereocenters. The average molecular weight is 477 g/mol. The molecule has 36 heavy (non-hydrogen) atoms. The molecule has 1 aromatic heterocycles. The second-order valence-electron chi connectivity index (χ2n) is 9.92. The third-order valence-corrected chi connectivity index (χ3v) is 8.09. The SMILES string of the molecule is Cc1cccc2c1NC(=O)[C@]21N[C@H](Cc2c[nH]c3ccccc23)[C@H]2C(=O)N(c3ccccc3)C(=O)[C@H]21. The number of amides is 3. The second-order valence-corrected chi connectivity index (χ2v) is 9.92. The summed E-state index contributed by atoms with van der Waals surface area (Å²) in [4.78, 5) is 46.3. The lowest BCUT2D eigenvalue weighted by molar-refractivity contribution is -0.130. The van der Waals surface area contributed by atoms with E-state index >= 15 is 0 Å². The number of hydrogen-bond acceptors (Lipinski definition) is 4. The molecule has 7 heteroatoms. The topological polar surface area (TPSA) is 94.3 Å². The Morgan fingerprint density at radius 2 is 1.67 bits per heavy atom. The zero-order valence-corrected chi connectivity index (χ0v) is 19.6. The van der Waals surface area contributed by atoms with Gasteiger partial charge in [-0.1, -0.05) is 54.6 Å². The van der Waals surface area contributed by atoms with Crippen LogP contribution >= 0.6 is 0 Å². The summed E-state index contributed by atoms with van der Waals surface area (Å²) < 4.78 is 0. The molecule has 2 fully saturated rings. The van der Waals surface area contributed by atoms with Gasteiger partial charge in [0.1, 0.15) is 5.54 Å². The second kappa shape index (κ2) is 7.38. The highest BCUT2D eigenvalue weighted by Crippen LogP contribution is 2.54. The number of H-pyrrole nitrogens is 1. The van der Waals surface area contributed by atoms with Crippen LogP contribution in [0.15, 0.2) is 79.0 Å². The molecule has 0 unspecified atom stereocenters. The Morgan fingerprint density at radius 1 is 0.889 bits per heavy atom. The first-order valence-electron chi connectivity index (χ1n) is 12.2. The van der Waals surface area contributed by atoms with Crippen molar-refractivity contribution in [2.24, 2.45) is 11.8 Å². The van der Waals surface area contributed by atoms with Crippen molar-refractivity contribution in [2.75, 3.05) is 10.2 Å². The summed E-state index contributed by atoms with van der Waals surface area (Å²) in [7, 11) is 0. The van der Waals surface area contributed by atoms with Crippen molar-refractivity contribution in [2.45, 2.75) is 24.9 Å². The lowest BCUT2D eigenvalue weighted by Crippen LogP contribution is -2.53. The summed E-state index contributed by atoms with van der Waals surface area (Å²) in [6.07, 6.45) is 2.46. The maximum Gasteiger partial charge on any atom is 0.250 e. The Kier molecular flexibility index (Phi) is 4.32. The van der Waals surface area contributed by atoms with E-state index in [0.29, 0.717) is 12.1 Å². The summed E-state index contributed by atoms with van der Waals surface area (Å²) in [5.74, 6) is -2.40. The first kappa shape index (κ1) is 21.1. The van der Waals surface area contributed by atoms with Crippen molar-refractivity contribution in [1.29, 1.82) is 0 Å². The number of aromatic nitrogens is 1. The first-order chi connectivity index (χ1) is 17.5. The van der Waals surface area contributed by atoms with Gasteiger partial charge in [-0.3, -0.25) is 19.7 Å². The van der Waals surface area contributed by atoms with E-state index in [4.69, 9.17) is 0 Å². The Labute approximate surface area is 207 Å². The molecule has 0 aliphatic carbocycles. The average Bonchev–Trinajstić information content (AvgIpc) is 3.60. The molecule has 0 bridgehead atoms. The van der Waals surface area contributed by atoms with Gasteiger partial charge in [0, 0.05) is 34.4 Å². The Morgan fingerprint density at radius 3 is 2.50 bits per heavy atom. The molecule has 0 saturated carbocycles.